The second-order valence-corrected chi connectivity index (χ2v) is 8.42. The molecule has 0 fully saturated rings. The van der Waals surface area contributed by atoms with Crippen LogP contribution in [0.25, 0.3) is 6.08 Å². The van der Waals surface area contributed by atoms with Crippen LogP contribution in [-0.2, 0) is 16.1 Å². The summed E-state index contributed by atoms with van der Waals surface area (Å²) in [4.78, 5) is 33.5. The van der Waals surface area contributed by atoms with Crippen LogP contribution >= 0.6 is 11.8 Å². The second-order valence-electron chi connectivity index (χ2n) is 7.48. The third-order valence-corrected chi connectivity index (χ3v) is 5.95. The first kappa shape index (κ1) is 22.5. The van der Waals surface area contributed by atoms with Crippen molar-refractivity contribution in [3.05, 3.63) is 108 Å². The minimum Gasteiger partial charge on any atom is -0.341 e. The van der Waals surface area contributed by atoms with Crippen LogP contribution in [0.4, 0.5) is 10.1 Å². The number of benzene rings is 3. The molecular formula is C26H22FN3O2S. The topological polar surface area (TPSA) is 53.0 Å². The third-order valence-electron chi connectivity index (χ3n) is 5.03. The van der Waals surface area contributed by atoms with Crippen LogP contribution in [0.3, 0.4) is 0 Å². The van der Waals surface area contributed by atoms with Crippen molar-refractivity contribution in [3.63, 3.8) is 0 Å². The van der Waals surface area contributed by atoms with Gasteiger partial charge in [-0.2, -0.15) is 0 Å². The minimum absolute atomic E-state index is 0.0847. The smallest absolute Gasteiger partial charge is 0.283 e. The molecule has 0 N–H and O–H groups in total. The Kier molecular flexibility index (Phi) is 7.00. The Morgan fingerprint density at radius 3 is 2.30 bits per heavy atom. The van der Waals surface area contributed by atoms with Crippen molar-refractivity contribution in [1.82, 2.24) is 4.90 Å². The summed E-state index contributed by atoms with van der Waals surface area (Å²) in [6.45, 7) is 0.493. The number of carbonyl (C=O) groups is 2. The van der Waals surface area contributed by atoms with Gasteiger partial charge in [-0.3, -0.25) is 14.5 Å². The predicted molar refractivity (Wildman–Crippen MR) is 131 cm³/mol. The van der Waals surface area contributed by atoms with Crippen LogP contribution in [0.15, 0.2) is 95.6 Å². The Labute approximate surface area is 196 Å². The Bertz CT molecular complexity index is 1200. The highest BCUT2D eigenvalue weighted by molar-refractivity contribution is 8.14. The lowest BCUT2D eigenvalue weighted by Crippen LogP contribution is -2.33. The van der Waals surface area contributed by atoms with Gasteiger partial charge in [-0.15, -0.1) is 0 Å². The molecule has 2 amide bonds. The van der Waals surface area contributed by atoms with E-state index in [0.717, 1.165) is 11.1 Å². The molecule has 1 aliphatic rings. The standard InChI is InChI=1S/C26H22FN3O2S/c1-29(17-20-10-6-3-7-11-20)24(31)18-33-26-28-23(16-19-8-4-2-5-9-19)25(32)30(26)22-14-12-21(27)13-15-22/h2-16H,17-18H2,1H3/b23-16-. The van der Waals surface area contributed by atoms with Gasteiger partial charge in [0.05, 0.1) is 11.4 Å². The molecule has 0 atom stereocenters. The first-order valence-electron chi connectivity index (χ1n) is 10.4. The summed E-state index contributed by atoms with van der Waals surface area (Å²) in [7, 11) is 1.75. The molecule has 7 heteroatoms. The third kappa shape index (κ3) is 5.56. The van der Waals surface area contributed by atoms with Crippen molar-refractivity contribution >= 4 is 40.5 Å². The summed E-state index contributed by atoms with van der Waals surface area (Å²) in [5.74, 6) is -0.683. The van der Waals surface area contributed by atoms with Crippen molar-refractivity contribution in [1.29, 1.82) is 0 Å². The summed E-state index contributed by atoms with van der Waals surface area (Å²) in [5, 5.41) is 0.384. The molecule has 0 aromatic heterocycles. The quantitative estimate of drug-likeness (QED) is 0.490. The average Bonchev–Trinajstić information content (AvgIpc) is 3.14. The van der Waals surface area contributed by atoms with Gasteiger partial charge >= 0.3 is 0 Å². The molecule has 4 rings (SSSR count). The van der Waals surface area contributed by atoms with E-state index in [2.05, 4.69) is 4.99 Å². The Hall–Kier alpha value is -3.71. The van der Waals surface area contributed by atoms with Gasteiger partial charge in [-0.1, -0.05) is 72.4 Å². The van der Waals surface area contributed by atoms with E-state index in [4.69, 9.17) is 0 Å². The normalized spacial score (nSPS) is 14.5. The zero-order valence-electron chi connectivity index (χ0n) is 18.0. The molecule has 0 aliphatic carbocycles. The van der Waals surface area contributed by atoms with Gasteiger partial charge in [0.1, 0.15) is 11.5 Å². The van der Waals surface area contributed by atoms with E-state index < -0.39 is 5.82 Å². The maximum absolute atomic E-state index is 13.5. The fraction of sp³-hybridized carbons (Fsp3) is 0.115. The molecule has 1 aliphatic heterocycles. The van der Waals surface area contributed by atoms with E-state index in [-0.39, 0.29) is 23.3 Å². The first-order chi connectivity index (χ1) is 16.0. The molecule has 5 nitrogen and oxygen atoms in total. The van der Waals surface area contributed by atoms with Crippen molar-refractivity contribution in [2.45, 2.75) is 6.54 Å². The maximum Gasteiger partial charge on any atom is 0.283 e. The number of amidine groups is 1. The highest BCUT2D eigenvalue weighted by Crippen LogP contribution is 2.29. The molecule has 0 spiro atoms. The number of amides is 2. The van der Waals surface area contributed by atoms with E-state index in [1.165, 1.54) is 40.9 Å². The van der Waals surface area contributed by atoms with Crippen molar-refractivity contribution in [3.8, 4) is 0 Å². The van der Waals surface area contributed by atoms with Crippen LogP contribution in [0.5, 0.6) is 0 Å². The molecule has 3 aromatic carbocycles. The van der Waals surface area contributed by atoms with E-state index in [1.807, 2.05) is 60.7 Å². The largest absolute Gasteiger partial charge is 0.341 e. The molecule has 3 aromatic rings. The molecule has 0 bridgehead atoms. The van der Waals surface area contributed by atoms with Crippen molar-refractivity contribution in [2.24, 2.45) is 4.99 Å². The molecule has 0 radical (unpaired) electrons. The molecule has 0 unspecified atom stereocenters. The maximum atomic E-state index is 13.5. The van der Waals surface area contributed by atoms with Gasteiger partial charge in [0.25, 0.3) is 5.91 Å². The van der Waals surface area contributed by atoms with Gasteiger partial charge in [-0.25, -0.2) is 9.38 Å². The van der Waals surface area contributed by atoms with Gasteiger partial charge in [-0.05, 0) is 41.5 Å². The number of thioether (sulfide) groups is 1. The van der Waals surface area contributed by atoms with Gasteiger partial charge in [0, 0.05) is 13.6 Å². The Morgan fingerprint density at radius 1 is 1.00 bits per heavy atom. The molecule has 0 saturated carbocycles. The monoisotopic (exact) mass is 459 g/mol. The van der Waals surface area contributed by atoms with Gasteiger partial charge < -0.3 is 4.90 Å². The summed E-state index contributed by atoms with van der Waals surface area (Å²) >= 11 is 1.19. The van der Waals surface area contributed by atoms with Gasteiger partial charge in [0.15, 0.2) is 5.17 Å². The lowest BCUT2D eigenvalue weighted by Gasteiger charge is -2.20. The number of carbonyl (C=O) groups excluding carboxylic acids is 2. The van der Waals surface area contributed by atoms with Crippen LogP contribution in [0, 0.1) is 5.82 Å². The predicted octanol–water partition coefficient (Wildman–Crippen LogP) is 4.96. The number of halogens is 1. The number of hydrogen-bond acceptors (Lipinski definition) is 4. The zero-order chi connectivity index (χ0) is 23.2. The fourth-order valence-corrected chi connectivity index (χ4v) is 4.25. The van der Waals surface area contributed by atoms with Crippen LogP contribution < -0.4 is 4.90 Å². The Morgan fingerprint density at radius 2 is 1.64 bits per heavy atom. The summed E-state index contributed by atoms with van der Waals surface area (Å²) in [5.41, 5.74) is 2.63. The number of anilines is 1. The highest BCUT2D eigenvalue weighted by atomic mass is 32.2. The molecule has 1 heterocycles. The molecule has 166 valence electrons. The van der Waals surface area contributed by atoms with E-state index in [9.17, 15) is 14.0 Å². The van der Waals surface area contributed by atoms with Crippen LogP contribution in [0.1, 0.15) is 11.1 Å². The number of hydrogen-bond donors (Lipinski definition) is 0. The lowest BCUT2D eigenvalue weighted by atomic mass is 10.2. The van der Waals surface area contributed by atoms with E-state index >= 15 is 0 Å². The average molecular weight is 460 g/mol. The summed E-state index contributed by atoms with van der Waals surface area (Å²) in [6.07, 6.45) is 1.70. The van der Waals surface area contributed by atoms with E-state index in [1.54, 1.807) is 18.0 Å². The first-order valence-corrected chi connectivity index (χ1v) is 11.4. The molecule has 33 heavy (non-hydrogen) atoms. The zero-order valence-corrected chi connectivity index (χ0v) is 18.8. The minimum atomic E-state index is -0.394. The lowest BCUT2D eigenvalue weighted by molar-refractivity contribution is -0.127. The molecular weight excluding hydrogens is 437 g/mol. The second kappa shape index (κ2) is 10.3. The number of nitrogens with zero attached hydrogens (tertiary/aromatic N) is 3. The Balaban J connectivity index is 1.53. The molecule has 0 saturated heterocycles. The fourth-order valence-electron chi connectivity index (χ4n) is 3.30. The number of rotatable bonds is 6. The van der Waals surface area contributed by atoms with Crippen molar-refractivity contribution < 1.29 is 14.0 Å². The van der Waals surface area contributed by atoms with Crippen LogP contribution in [0.2, 0.25) is 0 Å². The van der Waals surface area contributed by atoms with Crippen molar-refractivity contribution in [2.75, 3.05) is 17.7 Å². The highest BCUT2D eigenvalue weighted by Gasteiger charge is 2.32. The summed E-state index contributed by atoms with van der Waals surface area (Å²) in [6, 6.07) is 24.8. The van der Waals surface area contributed by atoms with E-state index in [0.29, 0.717) is 17.4 Å². The van der Waals surface area contributed by atoms with Crippen LogP contribution in [-0.4, -0.2) is 34.7 Å². The SMILES string of the molecule is CN(Cc1ccccc1)C(=O)CSC1=N/C(=C\c2ccccc2)C(=O)N1c1ccc(F)cc1. The summed E-state index contributed by atoms with van der Waals surface area (Å²) < 4.78 is 13.5. The van der Waals surface area contributed by atoms with Gasteiger partial charge in [0.2, 0.25) is 5.91 Å². The number of aliphatic imine (C=N–C) groups is 1.